The fraction of sp³-hybridized carbons (Fsp3) is 0.476. The van der Waals surface area contributed by atoms with Crippen LogP contribution in [-0.4, -0.2) is 20.7 Å². The van der Waals surface area contributed by atoms with E-state index < -0.39 is 0 Å². The molecule has 1 aliphatic carbocycles. The minimum Gasteiger partial charge on any atom is -0.440 e. The van der Waals surface area contributed by atoms with Gasteiger partial charge in [0, 0.05) is 17.5 Å². The second-order valence-electron chi connectivity index (χ2n) is 8.65. The Labute approximate surface area is 159 Å². The van der Waals surface area contributed by atoms with Crippen molar-refractivity contribution in [2.75, 3.05) is 5.32 Å². The summed E-state index contributed by atoms with van der Waals surface area (Å²) < 4.78 is 7.57. The molecule has 27 heavy (non-hydrogen) atoms. The molecule has 2 aromatic heterocycles. The summed E-state index contributed by atoms with van der Waals surface area (Å²) in [6.45, 7) is 10.3. The van der Waals surface area contributed by atoms with Gasteiger partial charge in [0.05, 0.1) is 11.2 Å². The zero-order valence-electron chi connectivity index (χ0n) is 16.5. The van der Waals surface area contributed by atoms with Crippen LogP contribution in [0.25, 0.3) is 11.1 Å². The van der Waals surface area contributed by atoms with Crippen LogP contribution < -0.4 is 5.32 Å². The molecule has 1 aliphatic rings. The molecule has 2 heterocycles. The van der Waals surface area contributed by atoms with Crippen LogP contribution in [0.2, 0.25) is 0 Å². The van der Waals surface area contributed by atoms with Gasteiger partial charge in [0.25, 0.3) is 5.91 Å². The molecule has 1 aromatic carbocycles. The molecule has 0 atom stereocenters. The summed E-state index contributed by atoms with van der Waals surface area (Å²) in [5.41, 5.74) is 3.52. The predicted octanol–water partition coefficient (Wildman–Crippen LogP) is 5.03. The molecule has 1 N–H and O–H groups in total. The molecule has 0 bridgehead atoms. The molecule has 0 saturated heterocycles. The molecule has 142 valence electrons. The Balaban J connectivity index is 1.63. The normalized spacial score (nSPS) is 14.9. The number of rotatable bonds is 4. The summed E-state index contributed by atoms with van der Waals surface area (Å²) in [5.74, 6) is 1.27. The van der Waals surface area contributed by atoms with Crippen LogP contribution in [0.3, 0.4) is 0 Å². The highest BCUT2D eigenvalue weighted by molar-refractivity contribution is 6.04. The Hall–Kier alpha value is -2.63. The van der Waals surface area contributed by atoms with Gasteiger partial charge in [-0.3, -0.25) is 9.48 Å². The summed E-state index contributed by atoms with van der Waals surface area (Å²) in [5, 5.41) is 7.70. The number of nitrogens with zero attached hydrogens (tertiary/aromatic N) is 3. The average Bonchev–Trinajstić information content (AvgIpc) is 3.18. The standard InChI is InChI=1S/C21H26N4O2/c1-12(2)20-23-16-10-14(8-9-18(16)27-20)22-19(26)17-11-15(13-6-7-13)24-25(17)21(3,4)5/h8-13H,6-7H2,1-5H3,(H,22,26). The Morgan fingerprint density at radius 2 is 2.00 bits per heavy atom. The largest absolute Gasteiger partial charge is 0.440 e. The lowest BCUT2D eigenvalue weighted by molar-refractivity contribution is 0.100. The summed E-state index contributed by atoms with van der Waals surface area (Å²) in [7, 11) is 0. The van der Waals surface area contributed by atoms with Gasteiger partial charge in [0.1, 0.15) is 11.2 Å². The van der Waals surface area contributed by atoms with Crippen molar-refractivity contribution in [2.45, 2.75) is 64.8 Å². The van der Waals surface area contributed by atoms with Crippen molar-refractivity contribution in [3.63, 3.8) is 0 Å². The first-order valence-corrected chi connectivity index (χ1v) is 9.54. The molecule has 1 amide bonds. The highest BCUT2D eigenvalue weighted by atomic mass is 16.3. The van der Waals surface area contributed by atoms with Gasteiger partial charge in [0.2, 0.25) is 0 Å². The number of carbonyl (C=O) groups is 1. The second-order valence-corrected chi connectivity index (χ2v) is 8.65. The van der Waals surface area contributed by atoms with Crippen molar-refractivity contribution in [1.82, 2.24) is 14.8 Å². The zero-order chi connectivity index (χ0) is 19.3. The van der Waals surface area contributed by atoms with E-state index in [9.17, 15) is 4.79 Å². The van der Waals surface area contributed by atoms with E-state index in [1.54, 1.807) is 0 Å². The molecule has 4 rings (SSSR count). The van der Waals surface area contributed by atoms with Crippen molar-refractivity contribution in [3.05, 3.63) is 41.5 Å². The third kappa shape index (κ3) is 3.48. The Morgan fingerprint density at radius 3 is 2.63 bits per heavy atom. The summed E-state index contributed by atoms with van der Waals surface area (Å²) >= 11 is 0. The van der Waals surface area contributed by atoms with Gasteiger partial charge >= 0.3 is 0 Å². The van der Waals surface area contributed by atoms with Crippen LogP contribution in [-0.2, 0) is 5.54 Å². The first-order chi connectivity index (χ1) is 12.7. The van der Waals surface area contributed by atoms with E-state index in [-0.39, 0.29) is 17.4 Å². The first kappa shape index (κ1) is 17.8. The van der Waals surface area contributed by atoms with E-state index in [0.29, 0.717) is 23.2 Å². The number of aromatic nitrogens is 3. The summed E-state index contributed by atoms with van der Waals surface area (Å²) in [6.07, 6.45) is 2.31. The smallest absolute Gasteiger partial charge is 0.273 e. The molecule has 6 nitrogen and oxygen atoms in total. The van der Waals surface area contributed by atoms with Gasteiger partial charge in [0.15, 0.2) is 11.5 Å². The Kier molecular flexibility index (Phi) is 4.09. The molecule has 1 saturated carbocycles. The highest BCUT2D eigenvalue weighted by Gasteiger charge is 2.31. The monoisotopic (exact) mass is 366 g/mol. The molecule has 0 radical (unpaired) electrons. The van der Waals surface area contributed by atoms with E-state index in [2.05, 4.69) is 31.1 Å². The lowest BCUT2D eigenvalue weighted by atomic mass is 10.1. The second kappa shape index (κ2) is 6.22. The minimum absolute atomic E-state index is 0.156. The van der Waals surface area contributed by atoms with Crippen LogP contribution in [0.5, 0.6) is 0 Å². The van der Waals surface area contributed by atoms with Crippen LogP contribution in [0, 0.1) is 0 Å². The number of oxazole rings is 1. The zero-order valence-corrected chi connectivity index (χ0v) is 16.5. The lowest BCUT2D eigenvalue weighted by Crippen LogP contribution is -2.29. The van der Waals surface area contributed by atoms with Gasteiger partial charge < -0.3 is 9.73 Å². The first-order valence-electron chi connectivity index (χ1n) is 9.54. The highest BCUT2D eigenvalue weighted by Crippen LogP contribution is 2.40. The fourth-order valence-electron chi connectivity index (χ4n) is 3.12. The number of benzene rings is 1. The van der Waals surface area contributed by atoms with Gasteiger partial charge in [-0.15, -0.1) is 0 Å². The average molecular weight is 366 g/mol. The van der Waals surface area contributed by atoms with Gasteiger partial charge in [-0.1, -0.05) is 13.8 Å². The van der Waals surface area contributed by atoms with E-state index >= 15 is 0 Å². The van der Waals surface area contributed by atoms with Crippen LogP contribution in [0.4, 0.5) is 5.69 Å². The fourth-order valence-corrected chi connectivity index (χ4v) is 3.12. The number of hydrogen-bond acceptors (Lipinski definition) is 4. The van der Waals surface area contributed by atoms with Crippen molar-refractivity contribution in [3.8, 4) is 0 Å². The van der Waals surface area contributed by atoms with E-state index in [4.69, 9.17) is 9.52 Å². The molecular weight excluding hydrogens is 340 g/mol. The molecule has 0 aliphatic heterocycles. The quantitative estimate of drug-likeness (QED) is 0.702. The maximum Gasteiger partial charge on any atom is 0.273 e. The third-order valence-corrected chi connectivity index (χ3v) is 4.75. The van der Waals surface area contributed by atoms with Crippen molar-refractivity contribution >= 4 is 22.7 Å². The van der Waals surface area contributed by atoms with Gasteiger partial charge in [-0.2, -0.15) is 5.10 Å². The Bertz CT molecular complexity index is 1000. The van der Waals surface area contributed by atoms with Gasteiger partial charge in [-0.05, 0) is 57.9 Å². The summed E-state index contributed by atoms with van der Waals surface area (Å²) in [6, 6.07) is 7.47. The van der Waals surface area contributed by atoms with Crippen molar-refractivity contribution < 1.29 is 9.21 Å². The molecular formula is C21H26N4O2. The molecule has 0 spiro atoms. The predicted molar refractivity (Wildman–Crippen MR) is 105 cm³/mol. The minimum atomic E-state index is -0.262. The number of anilines is 1. The number of hydrogen-bond donors (Lipinski definition) is 1. The van der Waals surface area contributed by atoms with E-state index in [1.165, 1.54) is 0 Å². The number of fused-ring (bicyclic) bond motifs is 1. The van der Waals surface area contributed by atoms with Crippen LogP contribution in [0.15, 0.2) is 28.7 Å². The summed E-state index contributed by atoms with van der Waals surface area (Å²) in [4.78, 5) is 17.5. The Morgan fingerprint density at radius 1 is 1.26 bits per heavy atom. The van der Waals surface area contributed by atoms with E-state index in [1.807, 2.05) is 42.8 Å². The number of nitrogens with one attached hydrogen (secondary N) is 1. The maximum atomic E-state index is 13.0. The van der Waals surface area contributed by atoms with Crippen molar-refractivity contribution in [2.24, 2.45) is 0 Å². The maximum absolute atomic E-state index is 13.0. The van der Waals surface area contributed by atoms with Crippen LogP contribution >= 0.6 is 0 Å². The molecule has 0 unspecified atom stereocenters. The molecule has 6 heteroatoms. The third-order valence-electron chi connectivity index (χ3n) is 4.75. The van der Waals surface area contributed by atoms with Crippen LogP contribution in [0.1, 0.15) is 81.4 Å². The topological polar surface area (TPSA) is 73.0 Å². The number of amides is 1. The molecule has 3 aromatic rings. The van der Waals surface area contributed by atoms with Gasteiger partial charge in [-0.25, -0.2) is 4.98 Å². The number of carbonyl (C=O) groups excluding carboxylic acids is 1. The van der Waals surface area contributed by atoms with E-state index in [0.717, 1.165) is 29.6 Å². The lowest BCUT2D eigenvalue weighted by Gasteiger charge is -2.22. The SMILES string of the molecule is CC(C)c1nc2cc(NC(=O)c3cc(C4CC4)nn3C(C)(C)C)ccc2o1. The van der Waals surface area contributed by atoms with Crippen molar-refractivity contribution in [1.29, 1.82) is 0 Å². The molecule has 1 fully saturated rings.